The highest BCUT2D eigenvalue weighted by molar-refractivity contribution is 5.96. The molecule has 0 bridgehead atoms. The third kappa shape index (κ3) is 3.49. The van der Waals surface area contributed by atoms with Gasteiger partial charge in [-0.15, -0.1) is 0 Å². The molecule has 0 radical (unpaired) electrons. The van der Waals surface area contributed by atoms with E-state index in [0.717, 1.165) is 44.0 Å². The molecule has 6 nitrogen and oxygen atoms in total. The van der Waals surface area contributed by atoms with Gasteiger partial charge in [0.05, 0.1) is 0 Å². The lowest BCUT2D eigenvalue weighted by Crippen LogP contribution is -2.56. The van der Waals surface area contributed by atoms with Crippen LogP contribution in [0.15, 0.2) is 24.3 Å². The number of hydrogen-bond acceptors (Lipinski definition) is 3. The van der Waals surface area contributed by atoms with Crippen LogP contribution < -0.4 is 10.2 Å². The van der Waals surface area contributed by atoms with Crippen LogP contribution in [0.5, 0.6) is 0 Å². The Kier molecular flexibility index (Phi) is 4.61. The maximum Gasteiger partial charge on any atom is 0.321 e. The smallest absolute Gasteiger partial charge is 0.321 e. The van der Waals surface area contributed by atoms with Gasteiger partial charge < -0.3 is 15.1 Å². The van der Waals surface area contributed by atoms with Gasteiger partial charge in [-0.3, -0.25) is 9.69 Å². The van der Waals surface area contributed by atoms with Crippen molar-refractivity contribution < 1.29 is 9.59 Å². The van der Waals surface area contributed by atoms with Gasteiger partial charge in [0, 0.05) is 50.0 Å². The summed E-state index contributed by atoms with van der Waals surface area (Å²) in [5.74, 6) is 0.183. The average molecular weight is 342 g/mol. The fourth-order valence-electron chi connectivity index (χ4n) is 4.19. The van der Waals surface area contributed by atoms with E-state index in [1.54, 1.807) is 0 Å². The molecule has 3 aliphatic rings. The van der Waals surface area contributed by atoms with Gasteiger partial charge >= 0.3 is 6.03 Å². The van der Waals surface area contributed by atoms with Crippen molar-refractivity contribution >= 4 is 23.3 Å². The Labute approximate surface area is 148 Å². The van der Waals surface area contributed by atoms with E-state index in [2.05, 4.69) is 10.2 Å². The van der Waals surface area contributed by atoms with Crippen LogP contribution in [-0.2, 0) is 4.79 Å². The summed E-state index contributed by atoms with van der Waals surface area (Å²) in [6, 6.07) is 8.10. The van der Waals surface area contributed by atoms with E-state index < -0.39 is 0 Å². The summed E-state index contributed by atoms with van der Waals surface area (Å²) in [5, 5.41) is 3.00. The predicted molar refractivity (Wildman–Crippen MR) is 97.8 cm³/mol. The fraction of sp³-hybridized carbons (Fsp3) is 0.579. The molecule has 3 amide bonds. The first-order chi connectivity index (χ1) is 12.2. The first-order valence-corrected chi connectivity index (χ1v) is 9.41. The number of benzene rings is 1. The van der Waals surface area contributed by atoms with E-state index in [1.807, 2.05) is 34.1 Å². The number of carbonyl (C=O) groups excluding carboxylic acids is 2. The second-order valence-electron chi connectivity index (χ2n) is 7.26. The molecule has 134 valence electrons. The Bertz CT molecular complexity index is 645. The van der Waals surface area contributed by atoms with E-state index in [4.69, 9.17) is 0 Å². The molecule has 3 saturated heterocycles. The number of urea groups is 1. The van der Waals surface area contributed by atoms with Crippen LogP contribution >= 0.6 is 0 Å². The van der Waals surface area contributed by atoms with E-state index in [-0.39, 0.29) is 11.9 Å². The number of piperazine rings is 1. The van der Waals surface area contributed by atoms with Gasteiger partial charge in [-0.2, -0.15) is 0 Å². The minimum atomic E-state index is -0.0183. The Morgan fingerprint density at radius 1 is 1.00 bits per heavy atom. The quantitative estimate of drug-likeness (QED) is 0.898. The van der Waals surface area contributed by atoms with Gasteiger partial charge in [-0.25, -0.2) is 4.79 Å². The standard InChI is InChI=1S/C19H26N4O2/c24-18-5-3-11-23(18)16-8-6-15(7-9-16)20-19(25)22-13-12-21-10-2-1-4-17(21)14-22/h6-9,17H,1-5,10-14H2,(H,20,25). The molecule has 0 spiro atoms. The van der Waals surface area contributed by atoms with Crippen molar-refractivity contribution in [3.63, 3.8) is 0 Å². The number of piperidine rings is 1. The molecule has 1 aromatic rings. The summed E-state index contributed by atoms with van der Waals surface area (Å²) < 4.78 is 0. The lowest BCUT2D eigenvalue weighted by molar-refractivity contribution is -0.117. The van der Waals surface area contributed by atoms with Gasteiger partial charge in [0.2, 0.25) is 5.91 Å². The van der Waals surface area contributed by atoms with Crippen LogP contribution in [0.4, 0.5) is 16.2 Å². The van der Waals surface area contributed by atoms with Crippen molar-refractivity contribution in [3.8, 4) is 0 Å². The first-order valence-electron chi connectivity index (χ1n) is 9.41. The van der Waals surface area contributed by atoms with Crippen LogP contribution in [0.1, 0.15) is 32.1 Å². The summed E-state index contributed by atoms with van der Waals surface area (Å²) >= 11 is 0. The van der Waals surface area contributed by atoms with Gasteiger partial charge in [-0.1, -0.05) is 6.42 Å². The van der Waals surface area contributed by atoms with Crippen LogP contribution in [0.2, 0.25) is 0 Å². The molecule has 0 aromatic heterocycles. The lowest BCUT2D eigenvalue weighted by Gasteiger charge is -2.43. The highest BCUT2D eigenvalue weighted by Gasteiger charge is 2.31. The van der Waals surface area contributed by atoms with Crippen LogP contribution in [0, 0.1) is 0 Å². The zero-order valence-electron chi connectivity index (χ0n) is 14.6. The lowest BCUT2D eigenvalue weighted by atomic mass is 10.00. The molecule has 4 rings (SSSR count). The molecule has 3 heterocycles. The van der Waals surface area contributed by atoms with Gasteiger partial charge in [-0.05, 0) is 50.1 Å². The largest absolute Gasteiger partial charge is 0.322 e. The molecule has 1 atom stereocenters. The second-order valence-corrected chi connectivity index (χ2v) is 7.26. The number of hydrogen-bond donors (Lipinski definition) is 1. The summed E-state index contributed by atoms with van der Waals surface area (Å²) in [4.78, 5) is 30.6. The molecule has 3 fully saturated rings. The van der Waals surface area contributed by atoms with Crippen LogP contribution in [0.25, 0.3) is 0 Å². The van der Waals surface area contributed by atoms with E-state index in [0.29, 0.717) is 12.5 Å². The van der Waals surface area contributed by atoms with Crippen molar-refractivity contribution in [2.24, 2.45) is 0 Å². The van der Waals surface area contributed by atoms with Crippen molar-refractivity contribution in [2.45, 2.75) is 38.1 Å². The number of nitrogens with zero attached hydrogens (tertiary/aromatic N) is 3. The van der Waals surface area contributed by atoms with E-state index in [9.17, 15) is 9.59 Å². The molecule has 0 aliphatic carbocycles. The maximum absolute atomic E-state index is 12.6. The Morgan fingerprint density at radius 3 is 2.60 bits per heavy atom. The van der Waals surface area contributed by atoms with E-state index >= 15 is 0 Å². The predicted octanol–water partition coefficient (Wildman–Crippen LogP) is 2.52. The molecule has 3 aliphatic heterocycles. The molecule has 1 unspecified atom stereocenters. The summed E-state index contributed by atoms with van der Waals surface area (Å²) in [6.07, 6.45) is 5.31. The molecular formula is C19H26N4O2. The Balaban J connectivity index is 1.35. The summed E-state index contributed by atoms with van der Waals surface area (Å²) in [6.45, 7) is 4.57. The third-order valence-corrected chi connectivity index (χ3v) is 5.63. The topological polar surface area (TPSA) is 55.9 Å². The minimum Gasteiger partial charge on any atom is -0.322 e. The molecule has 25 heavy (non-hydrogen) atoms. The van der Waals surface area contributed by atoms with Crippen molar-refractivity contribution in [1.29, 1.82) is 0 Å². The Morgan fingerprint density at radius 2 is 1.84 bits per heavy atom. The number of fused-ring (bicyclic) bond motifs is 1. The van der Waals surface area contributed by atoms with Crippen LogP contribution in [-0.4, -0.2) is 60.5 Å². The minimum absolute atomic E-state index is 0.0183. The van der Waals surface area contributed by atoms with Crippen LogP contribution in [0.3, 0.4) is 0 Å². The number of carbonyl (C=O) groups is 2. The van der Waals surface area contributed by atoms with Crippen molar-refractivity contribution in [3.05, 3.63) is 24.3 Å². The number of rotatable bonds is 2. The summed E-state index contributed by atoms with van der Waals surface area (Å²) in [5.41, 5.74) is 1.70. The zero-order valence-corrected chi connectivity index (χ0v) is 14.6. The normalized spacial score (nSPS) is 24.3. The van der Waals surface area contributed by atoms with Crippen molar-refractivity contribution in [1.82, 2.24) is 9.80 Å². The first kappa shape index (κ1) is 16.4. The second kappa shape index (κ2) is 7.04. The fourth-order valence-corrected chi connectivity index (χ4v) is 4.19. The maximum atomic E-state index is 12.6. The SMILES string of the molecule is O=C(Nc1ccc(N2CCCC2=O)cc1)N1CCN2CCCCC2C1. The van der Waals surface area contributed by atoms with Gasteiger partial charge in [0.25, 0.3) is 0 Å². The average Bonchev–Trinajstić information content (AvgIpc) is 3.08. The monoisotopic (exact) mass is 342 g/mol. The highest BCUT2D eigenvalue weighted by atomic mass is 16.2. The molecule has 0 saturated carbocycles. The number of amides is 3. The summed E-state index contributed by atoms with van der Waals surface area (Å²) in [7, 11) is 0. The molecular weight excluding hydrogens is 316 g/mol. The molecule has 6 heteroatoms. The number of anilines is 2. The van der Waals surface area contributed by atoms with E-state index in [1.165, 1.54) is 25.8 Å². The Hall–Kier alpha value is -2.08. The third-order valence-electron chi connectivity index (χ3n) is 5.63. The molecule has 1 N–H and O–H groups in total. The zero-order chi connectivity index (χ0) is 17.2. The highest BCUT2D eigenvalue weighted by Crippen LogP contribution is 2.24. The molecule has 1 aromatic carbocycles. The van der Waals surface area contributed by atoms with Crippen molar-refractivity contribution in [2.75, 3.05) is 42.9 Å². The number of nitrogens with one attached hydrogen (secondary N) is 1. The van der Waals surface area contributed by atoms with Gasteiger partial charge in [0.1, 0.15) is 0 Å². The van der Waals surface area contributed by atoms with Gasteiger partial charge in [0.15, 0.2) is 0 Å².